The van der Waals surface area contributed by atoms with Crippen molar-refractivity contribution >= 4 is 42.3 Å². The summed E-state index contributed by atoms with van der Waals surface area (Å²) in [4.78, 5) is 46.3. The van der Waals surface area contributed by atoms with Crippen LogP contribution in [-0.4, -0.2) is 65.2 Å². The number of primary amides is 1. The van der Waals surface area contributed by atoms with Crippen LogP contribution in [0.4, 0.5) is 0 Å². The number of carboxylic acid groups (broad SMARTS) is 1. The fourth-order valence-electron chi connectivity index (χ4n) is 1.96. The first-order chi connectivity index (χ1) is 12.6. The molecule has 0 rings (SSSR count). The minimum absolute atomic E-state index is 0.00971. The quantitative estimate of drug-likeness (QED) is 0.0655. The van der Waals surface area contributed by atoms with Crippen LogP contribution in [0.1, 0.15) is 25.7 Å². The zero-order chi connectivity index (χ0) is 21.0. The van der Waals surface area contributed by atoms with Gasteiger partial charge in [-0.2, -0.15) is 12.6 Å². The summed E-state index contributed by atoms with van der Waals surface area (Å²) in [6, 6.07) is -3.34. The van der Waals surface area contributed by atoms with E-state index in [2.05, 4.69) is 28.6 Å². The molecule has 0 aromatic rings. The average Bonchev–Trinajstić information content (AvgIpc) is 2.58. The first-order valence-electron chi connectivity index (χ1n) is 8.14. The summed E-state index contributed by atoms with van der Waals surface area (Å²) in [6.07, 6.45) is 0.414. The van der Waals surface area contributed by atoms with Crippen LogP contribution in [0.5, 0.6) is 0 Å². The molecule has 3 atom stereocenters. The van der Waals surface area contributed by atoms with Crippen LogP contribution in [0.2, 0.25) is 0 Å². The van der Waals surface area contributed by atoms with E-state index in [1.807, 2.05) is 0 Å². The lowest BCUT2D eigenvalue weighted by Gasteiger charge is -2.22. The van der Waals surface area contributed by atoms with Gasteiger partial charge in [0.25, 0.3) is 0 Å². The van der Waals surface area contributed by atoms with E-state index in [1.165, 1.54) is 0 Å². The molecule has 0 fully saturated rings. The van der Waals surface area contributed by atoms with Crippen LogP contribution in [0.15, 0.2) is 0 Å². The third-order valence-corrected chi connectivity index (χ3v) is 3.82. The first-order valence-corrected chi connectivity index (χ1v) is 8.77. The molecule has 0 spiro atoms. The molecule has 0 unspecified atom stereocenters. The van der Waals surface area contributed by atoms with Crippen LogP contribution in [0.25, 0.3) is 0 Å². The Labute approximate surface area is 161 Å². The number of carbonyl (C=O) groups is 4. The van der Waals surface area contributed by atoms with Gasteiger partial charge in [0.1, 0.15) is 12.1 Å². The van der Waals surface area contributed by atoms with Crippen molar-refractivity contribution in [2.24, 2.45) is 17.2 Å². The smallest absolute Gasteiger partial charge is 0.327 e. The number of hydrogen-bond acceptors (Lipinski definition) is 7. The molecule has 0 radical (unpaired) electrons. The van der Waals surface area contributed by atoms with E-state index in [-0.39, 0.29) is 37.5 Å². The fraction of sp³-hybridized carbons (Fsp3) is 0.643. The largest absolute Gasteiger partial charge is 0.480 e. The number of amides is 3. The highest BCUT2D eigenvalue weighted by Gasteiger charge is 2.27. The molecule has 11 N–H and O–H groups in total. The van der Waals surface area contributed by atoms with Gasteiger partial charge in [-0.05, 0) is 19.3 Å². The zero-order valence-electron chi connectivity index (χ0n) is 14.7. The molecular formula is C14H27N7O5S. The number of aliphatic carboxylic acids is 1. The highest BCUT2D eigenvalue weighted by atomic mass is 32.1. The second kappa shape index (κ2) is 12.8. The summed E-state index contributed by atoms with van der Waals surface area (Å²) in [7, 11) is 0. The van der Waals surface area contributed by atoms with Crippen molar-refractivity contribution in [2.45, 2.75) is 43.8 Å². The summed E-state index contributed by atoms with van der Waals surface area (Å²) < 4.78 is 0. The first kappa shape index (κ1) is 24.5. The highest BCUT2D eigenvalue weighted by molar-refractivity contribution is 7.80. The topological polar surface area (TPSA) is 227 Å². The van der Waals surface area contributed by atoms with E-state index >= 15 is 0 Å². The highest BCUT2D eigenvalue weighted by Crippen LogP contribution is 2.02. The maximum Gasteiger partial charge on any atom is 0.327 e. The predicted octanol–water partition coefficient (Wildman–Crippen LogP) is -3.17. The zero-order valence-corrected chi connectivity index (χ0v) is 15.6. The maximum atomic E-state index is 12.3. The molecule has 0 aromatic heterocycles. The van der Waals surface area contributed by atoms with Crippen molar-refractivity contribution in [1.82, 2.24) is 16.0 Å². The molecule has 0 bridgehead atoms. The number of nitrogens with two attached hydrogens (primary N) is 3. The molecule has 3 amide bonds. The summed E-state index contributed by atoms with van der Waals surface area (Å²) in [5, 5.41) is 23.3. The Bertz CT molecular complexity index is 560. The van der Waals surface area contributed by atoms with Gasteiger partial charge in [0, 0.05) is 18.7 Å². The number of nitrogens with one attached hydrogen (secondary N) is 4. The Hall–Kier alpha value is -2.54. The number of rotatable bonds is 13. The van der Waals surface area contributed by atoms with Gasteiger partial charge in [-0.25, -0.2) is 4.79 Å². The molecule has 12 nitrogen and oxygen atoms in total. The summed E-state index contributed by atoms with van der Waals surface area (Å²) in [5.74, 6) is -3.63. The SMILES string of the molecule is N=C(N)NCCC[C@H](NC(=O)[C@@H](N)CCC(N)=O)C(=O)N[C@@H](CS)C(=O)O. The summed E-state index contributed by atoms with van der Waals surface area (Å²) in [5.41, 5.74) is 15.8. The maximum absolute atomic E-state index is 12.3. The number of hydrogen-bond donors (Lipinski definition) is 9. The molecule has 0 saturated heterocycles. The second-order valence-corrected chi connectivity index (χ2v) is 6.10. The number of carbonyl (C=O) groups excluding carboxylic acids is 3. The standard InChI is InChI=1S/C14H27N7O5S/c15-7(3-4-10(16)22)11(23)20-8(2-1-5-19-14(17)18)12(24)21-9(6-27)13(25)26/h7-9,27H,1-6,15H2,(H2,16,22)(H,20,23)(H,21,24)(H,25,26)(H4,17,18,19)/t7-,8-,9-/m0/s1. The fourth-order valence-corrected chi connectivity index (χ4v) is 2.21. The number of carboxylic acids is 1. The van der Waals surface area contributed by atoms with Crippen LogP contribution in [0, 0.1) is 5.41 Å². The Morgan fingerprint density at radius 1 is 1.04 bits per heavy atom. The Morgan fingerprint density at radius 3 is 2.11 bits per heavy atom. The third kappa shape index (κ3) is 10.9. The molecule has 0 aliphatic rings. The molecular weight excluding hydrogens is 378 g/mol. The van der Waals surface area contributed by atoms with Crippen molar-refractivity contribution in [3.63, 3.8) is 0 Å². The minimum atomic E-state index is -1.26. The van der Waals surface area contributed by atoms with Gasteiger partial charge in [0.05, 0.1) is 6.04 Å². The van der Waals surface area contributed by atoms with Crippen molar-refractivity contribution in [3.05, 3.63) is 0 Å². The Morgan fingerprint density at radius 2 is 1.63 bits per heavy atom. The van der Waals surface area contributed by atoms with Crippen LogP contribution >= 0.6 is 12.6 Å². The van der Waals surface area contributed by atoms with Gasteiger partial charge in [-0.15, -0.1) is 0 Å². The molecule has 0 aliphatic carbocycles. The van der Waals surface area contributed by atoms with Crippen molar-refractivity contribution in [2.75, 3.05) is 12.3 Å². The van der Waals surface area contributed by atoms with E-state index in [4.69, 9.17) is 27.7 Å². The van der Waals surface area contributed by atoms with Gasteiger partial charge < -0.3 is 38.3 Å². The van der Waals surface area contributed by atoms with Crippen LogP contribution in [-0.2, 0) is 19.2 Å². The molecule has 154 valence electrons. The van der Waals surface area contributed by atoms with Crippen LogP contribution in [0.3, 0.4) is 0 Å². The molecule has 0 saturated carbocycles. The van der Waals surface area contributed by atoms with Gasteiger partial charge in [0.2, 0.25) is 17.7 Å². The second-order valence-electron chi connectivity index (χ2n) is 5.74. The third-order valence-electron chi connectivity index (χ3n) is 3.45. The van der Waals surface area contributed by atoms with E-state index < -0.39 is 41.8 Å². The van der Waals surface area contributed by atoms with E-state index in [0.717, 1.165) is 0 Å². The van der Waals surface area contributed by atoms with Crippen molar-refractivity contribution in [3.8, 4) is 0 Å². The number of guanidine groups is 1. The van der Waals surface area contributed by atoms with Gasteiger partial charge in [0.15, 0.2) is 5.96 Å². The van der Waals surface area contributed by atoms with E-state index in [9.17, 15) is 19.2 Å². The van der Waals surface area contributed by atoms with Gasteiger partial charge in [-0.1, -0.05) is 0 Å². The van der Waals surface area contributed by atoms with E-state index in [1.54, 1.807) is 0 Å². The lowest BCUT2D eigenvalue weighted by atomic mass is 10.1. The normalized spacial score (nSPS) is 13.7. The Balaban J connectivity index is 4.91. The van der Waals surface area contributed by atoms with Crippen LogP contribution < -0.4 is 33.2 Å². The lowest BCUT2D eigenvalue weighted by Crippen LogP contribution is -2.55. The van der Waals surface area contributed by atoms with Gasteiger partial charge >= 0.3 is 5.97 Å². The predicted molar refractivity (Wildman–Crippen MR) is 101 cm³/mol. The monoisotopic (exact) mass is 405 g/mol. The molecule has 0 aliphatic heterocycles. The lowest BCUT2D eigenvalue weighted by molar-refractivity contribution is -0.141. The molecule has 0 aromatic carbocycles. The summed E-state index contributed by atoms with van der Waals surface area (Å²) in [6.45, 7) is 0.275. The average molecular weight is 405 g/mol. The van der Waals surface area contributed by atoms with E-state index in [0.29, 0.717) is 6.42 Å². The van der Waals surface area contributed by atoms with Crippen molar-refractivity contribution in [1.29, 1.82) is 5.41 Å². The van der Waals surface area contributed by atoms with Gasteiger partial charge in [-0.3, -0.25) is 19.8 Å². The molecule has 0 heterocycles. The molecule has 27 heavy (non-hydrogen) atoms. The molecule has 13 heteroatoms. The Kier molecular flexibility index (Phi) is 11.6. The van der Waals surface area contributed by atoms with Crippen molar-refractivity contribution < 1.29 is 24.3 Å². The number of thiol groups is 1. The summed E-state index contributed by atoms with van der Waals surface area (Å²) >= 11 is 3.86. The minimum Gasteiger partial charge on any atom is -0.480 e.